The van der Waals surface area contributed by atoms with E-state index in [0.29, 0.717) is 5.92 Å². The Morgan fingerprint density at radius 2 is 1.66 bits per heavy atom. The molecule has 9 nitrogen and oxygen atoms in total. The van der Waals surface area contributed by atoms with Gasteiger partial charge in [0.05, 0.1) is 0 Å². The fourth-order valence-electron chi connectivity index (χ4n) is 6.25. The van der Waals surface area contributed by atoms with Gasteiger partial charge in [0.2, 0.25) is 0 Å². The highest BCUT2D eigenvalue weighted by atomic mass is 15.3. The van der Waals surface area contributed by atoms with Gasteiger partial charge in [0.1, 0.15) is 22.9 Å². The SMILES string of the molecule is Cn1nccc1C1CCN(CCn2ccc3ccc(N4CCN(c5cccc6nccn56)CC4)nc32)CC1. The molecule has 196 valence electrons. The van der Waals surface area contributed by atoms with E-state index in [1.807, 2.05) is 23.3 Å². The van der Waals surface area contributed by atoms with Crippen LogP contribution in [0.15, 0.2) is 67.3 Å². The monoisotopic (exact) mass is 509 g/mol. The van der Waals surface area contributed by atoms with E-state index in [2.05, 4.69) is 89.5 Å². The number of fused-ring (bicyclic) bond motifs is 2. The van der Waals surface area contributed by atoms with Crippen LogP contribution in [-0.4, -0.2) is 79.4 Å². The third-order valence-corrected chi connectivity index (χ3v) is 8.45. The molecule has 0 bridgehead atoms. The van der Waals surface area contributed by atoms with Crippen molar-refractivity contribution in [1.29, 1.82) is 0 Å². The first-order valence-corrected chi connectivity index (χ1v) is 13.8. The number of piperidine rings is 1. The molecule has 2 aliphatic heterocycles. The first kappa shape index (κ1) is 23.3. The molecule has 0 atom stereocenters. The largest absolute Gasteiger partial charge is 0.354 e. The molecular formula is C29H35N9. The summed E-state index contributed by atoms with van der Waals surface area (Å²) in [4.78, 5) is 17.1. The zero-order valence-corrected chi connectivity index (χ0v) is 22.0. The van der Waals surface area contributed by atoms with Crippen molar-refractivity contribution < 1.29 is 0 Å². The lowest BCUT2D eigenvalue weighted by molar-refractivity contribution is 0.203. The minimum absolute atomic E-state index is 0.628. The molecule has 0 aromatic carbocycles. The van der Waals surface area contributed by atoms with E-state index < -0.39 is 0 Å². The van der Waals surface area contributed by atoms with E-state index >= 15 is 0 Å². The van der Waals surface area contributed by atoms with Gasteiger partial charge in [-0.3, -0.25) is 9.08 Å². The zero-order chi connectivity index (χ0) is 25.5. The van der Waals surface area contributed by atoms with Crippen LogP contribution >= 0.6 is 0 Å². The number of nitrogens with zero attached hydrogens (tertiary/aromatic N) is 9. The van der Waals surface area contributed by atoms with E-state index in [-0.39, 0.29) is 0 Å². The van der Waals surface area contributed by atoms with Gasteiger partial charge in [0, 0.05) is 88.1 Å². The molecule has 0 radical (unpaired) electrons. The lowest BCUT2D eigenvalue weighted by atomic mass is 9.93. The van der Waals surface area contributed by atoms with Crippen molar-refractivity contribution in [2.75, 3.05) is 55.6 Å². The maximum Gasteiger partial charge on any atom is 0.142 e. The third-order valence-electron chi connectivity index (χ3n) is 8.45. The Balaban J connectivity index is 0.986. The quantitative estimate of drug-likeness (QED) is 0.348. The van der Waals surface area contributed by atoms with Gasteiger partial charge in [-0.05, 0) is 62.3 Å². The summed E-state index contributed by atoms with van der Waals surface area (Å²) in [7, 11) is 2.06. The van der Waals surface area contributed by atoms with E-state index in [4.69, 9.17) is 4.98 Å². The van der Waals surface area contributed by atoms with Crippen LogP contribution in [0.2, 0.25) is 0 Å². The van der Waals surface area contributed by atoms with Crippen molar-refractivity contribution >= 4 is 28.3 Å². The molecule has 5 aromatic rings. The Kier molecular flexibility index (Phi) is 6.00. The number of likely N-dealkylation sites (tertiary alicyclic amines) is 1. The van der Waals surface area contributed by atoms with Gasteiger partial charge < -0.3 is 19.3 Å². The second-order valence-electron chi connectivity index (χ2n) is 10.6. The maximum absolute atomic E-state index is 5.14. The zero-order valence-electron chi connectivity index (χ0n) is 22.0. The molecule has 2 aliphatic rings. The molecule has 7 heterocycles. The summed E-state index contributed by atoms with van der Waals surface area (Å²) >= 11 is 0. The lowest BCUT2D eigenvalue weighted by Gasteiger charge is -2.36. The van der Waals surface area contributed by atoms with Gasteiger partial charge in [-0.15, -0.1) is 0 Å². The number of piperazine rings is 1. The van der Waals surface area contributed by atoms with Crippen molar-refractivity contribution in [3.63, 3.8) is 0 Å². The predicted molar refractivity (Wildman–Crippen MR) is 151 cm³/mol. The Morgan fingerprint density at radius 1 is 0.816 bits per heavy atom. The highest BCUT2D eigenvalue weighted by Gasteiger charge is 2.23. The summed E-state index contributed by atoms with van der Waals surface area (Å²) in [6, 6.07) is 15.1. The normalized spacial score (nSPS) is 17.7. The Labute approximate surface area is 222 Å². The molecule has 0 N–H and O–H groups in total. The van der Waals surface area contributed by atoms with Crippen LogP contribution < -0.4 is 9.80 Å². The van der Waals surface area contributed by atoms with Gasteiger partial charge in [-0.1, -0.05) is 6.07 Å². The van der Waals surface area contributed by atoms with Crippen LogP contribution in [-0.2, 0) is 13.6 Å². The molecule has 0 saturated carbocycles. The van der Waals surface area contributed by atoms with Crippen LogP contribution in [0.4, 0.5) is 11.6 Å². The minimum atomic E-state index is 0.628. The van der Waals surface area contributed by atoms with Crippen LogP contribution in [0.3, 0.4) is 0 Å². The standard InChI is InChI=1S/C29H35N9/c1-33-25(7-11-31-33)23-8-13-34(14-9-23)17-18-37-15-10-24-5-6-27(32-29(24)37)35-19-21-36(22-20-35)28-4-2-3-26-30-12-16-38(26)28/h2-7,10-12,15-16,23H,8-9,13-14,17-22H2,1H3. The van der Waals surface area contributed by atoms with Crippen LogP contribution in [0.1, 0.15) is 24.5 Å². The van der Waals surface area contributed by atoms with Crippen molar-refractivity contribution in [2.24, 2.45) is 7.05 Å². The summed E-state index contributed by atoms with van der Waals surface area (Å²) in [6.45, 7) is 8.16. The molecule has 38 heavy (non-hydrogen) atoms. The molecule has 0 unspecified atom stereocenters. The number of rotatable bonds is 6. The number of hydrogen-bond donors (Lipinski definition) is 0. The highest BCUT2D eigenvalue weighted by molar-refractivity contribution is 5.78. The first-order chi connectivity index (χ1) is 18.7. The number of aromatic nitrogens is 6. The van der Waals surface area contributed by atoms with Gasteiger partial charge in [0.15, 0.2) is 0 Å². The van der Waals surface area contributed by atoms with Crippen molar-refractivity contribution in [3.05, 3.63) is 72.9 Å². The lowest BCUT2D eigenvalue weighted by Crippen LogP contribution is -2.47. The summed E-state index contributed by atoms with van der Waals surface area (Å²) in [6.07, 6.45) is 10.4. The van der Waals surface area contributed by atoms with E-state index in [9.17, 15) is 0 Å². The van der Waals surface area contributed by atoms with Gasteiger partial charge in [-0.2, -0.15) is 5.10 Å². The second-order valence-corrected chi connectivity index (χ2v) is 10.6. The smallest absolute Gasteiger partial charge is 0.142 e. The van der Waals surface area contributed by atoms with Crippen LogP contribution in [0, 0.1) is 0 Å². The Hall–Kier alpha value is -3.85. The predicted octanol–water partition coefficient (Wildman–Crippen LogP) is 3.62. The van der Waals surface area contributed by atoms with Crippen LogP contribution in [0.5, 0.6) is 0 Å². The van der Waals surface area contributed by atoms with E-state index in [1.54, 1.807) is 0 Å². The molecular weight excluding hydrogens is 474 g/mol. The Morgan fingerprint density at radius 3 is 2.47 bits per heavy atom. The van der Waals surface area contributed by atoms with Gasteiger partial charge in [-0.25, -0.2) is 9.97 Å². The van der Waals surface area contributed by atoms with Crippen molar-refractivity contribution in [3.8, 4) is 0 Å². The molecule has 0 amide bonds. The average Bonchev–Trinajstić information content (AvgIpc) is 3.71. The molecule has 9 heteroatoms. The molecule has 2 fully saturated rings. The molecule has 7 rings (SSSR count). The highest BCUT2D eigenvalue weighted by Crippen LogP contribution is 2.28. The molecule has 2 saturated heterocycles. The van der Waals surface area contributed by atoms with Gasteiger partial charge >= 0.3 is 0 Å². The van der Waals surface area contributed by atoms with E-state index in [0.717, 1.165) is 69.5 Å². The number of anilines is 2. The third kappa shape index (κ3) is 4.30. The summed E-state index contributed by atoms with van der Waals surface area (Å²) in [5.41, 5.74) is 3.46. The molecule has 5 aromatic heterocycles. The summed E-state index contributed by atoms with van der Waals surface area (Å²) in [5, 5.41) is 5.58. The first-order valence-electron chi connectivity index (χ1n) is 13.8. The topological polar surface area (TPSA) is 62.7 Å². The van der Waals surface area contributed by atoms with Crippen LogP contribution in [0.25, 0.3) is 16.7 Å². The molecule has 0 spiro atoms. The second kappa shape index (κ2) is 9.79. The minimum Gasteiger partial charge on any atom is -0.354 e. The number of aryl methyl sites for hydroxylation is 1. The van der Waals surface area contributed by atoms with E-state index in [1.165, 1.54) is 29.7 Å². The maximum atomic E-state index is 5.14. The average molecular weight is 510 g/mol. The fourth-order valence-corrected chi connectivity index (χ4v) is 6.25. The number of hydrogen-bond acceptors (Lipinski definition) is 6. The summed E-state index contributed by atoms with van der Waals surface area (Å²) < 4.78 is 6.55. The Bertz CT molecular complexity index is 1530. The van der Waals surface area contributed by atoms with Crippen molar-refractivity contribution in [2.45, 2.75) is 25.3 Å². The van der Waals surface area contributed by atoms with Gasteiger partial charge in [0.25, 0.3) is 0 Å². The number of pyridine rings is 2. The van der Waals surface area contributed by atoms with Crippen molar-refractivity contribution in [1.82, 2.24) is 33.6 Å². The number of imidazole rings is 1. The fraction of sp³-hybridized carbons (Fsp3) is 0.414. The summed E-state index contributed by atoms with van der Waals surface area (Å²) in [5.74, 6) is 2.92. The molecule has 0 aliphatic carbocycles.